The highest BCUT2D eigenvalue weighted by Gasteiger charge is 2.30. The number of carbonyl (C=O) groups is 1. The predicted molar refractivity (Wildman–Crippen MR) is 106 cm³/mol. The van der Waals surface area contributed by atoms with Gasteiger partial charge in [0.25, 0.3) is 5.56 Å². The first-order valence-electron chi connectivity index (χ1n) is 9.43. The Morgan fingerprint density at radius 2 is 2.00 bits per heavy atom. The van der Waals surface area contributed by atoms with Crippen LogP contribution in [-0.2, 0) is 0 Å². The van der Waals surface area contributed by atoms with Crippen LogP contribution in [0.2, 0.25) is 0 Å². The molecule has 1 aromatic carbocycles. The van der Waals surface area contributed by atoms with Crippen LogP contribution >= 0.6 is 0 Å². The Morgan fingerprint density at radius 1 is 1.11 bits per heavy atom. The van der Waals surface area contributed by atoms with E-state index in [1.807, 2.05) is 24.3 Å². The Hall–Kier alpha value is -3.08. The predicted octanol–water partition coefficient (Wildman–Crippen LogP) is 4.31. The van der Waals surface area contributed by atoms with Gasteiger partial charge in [-0.1, -0.05) is 44.4 Å². The molecule has 3 aromatic rings. The highest BCUT2D eigenvalue weighted by molar-refractivity contribution is 6.13. The van der Waals surface area contributed by atoms with Gasteiger partial charge in [0.15, 0.2) is 5.82 Å². The maximum absolute atomic E-state index is 12.8. The van der Waals surface area contributed by atoms with Gasteiger partial charge in [-0.3, -0.25) is 19.1 Å². The van der Waals surface area contributed by atoms with Crippen molar-refractivity contribution in [3.63, 3.8) is 0 Å². The fourth-order valence-corrected chi connectivity index (χ4v) is 3.47. The Morgan fingerprint density at radius 3 is 2.85 bits per heavy atom. The standard InChI is InChI=1S/C22H21N3O2/c1-2-3-4-5-6-7-8-15-9-10-19-16(13-15)20(26)21-24-18-11-12-23-14-17(18)22(27)25(19)21/h7-14H,2-6H2,1H3/b8-7+. The number of nitrogens with zero attached hydrogens (tertiary/aromatic N) is 3. The zero-order valence-electron chi connectivity index (χ0n) is 15.3. The van der Waals surface area contributed by atoms with Crippen LogP contribution in [-0.4, -0.2) is 20.3 Å². The lowest BCUT2D eigenvalue weighted by Crippen LogP contribution is -2.21. The zero-order chi connectivity index (χ0) is 18.8. The quantitative estimate of drug-likeness (QED) is 0.481. The molecule has 4 rings (SSSR count). The second-order valence-corrected chi connectivity index (χ2v) is 6.83. The second kappa shape index (κ2) is 7.27. The molecule has 136 valence electrons. The third kappa shape index (κ3) is 3.10. The second-order valence-electron chi connectivity index (χ2n) is 6.83. The van der Waals surface area contributed by atoms with E-state index in [-0.39, 0.29) is 17.2 Å². The van der Waals surface area contributed by atoms with Gasteiger partial charge in [0, 0.05) is 12.4 Å². The summed E-state index contributed by atoms with van der Waals surface area (Å²) in [4.78, 5) is 34.1. The molecule has 5 heteroatoms. The summed E-state index contributed by atoms with van der Waals surface area (Å²) in [6, 6.07) is 7.26. The number of hydrogen-bond acceptors (Lipinski definition) is 4. The van der Waals surface area contributed by atoms with Crippen molar-refractivity contribution in [3.8, 4) is 5.69 Å². The SMILES string of the molecule is CCCCCC/C=C/c1ccc2c(c1)C(=O)c1nc3ccncc3c(=O)n1-2. The molecule has 1 aliphatic heterocycles. The third-order valence-electron chi connectivity index (χ3n) is 4.91. The first-order chi connectivity index (χ1) is 13.2. The lowest BCUT2D eigenvalue weighted by molar-refractivity contribution is 0.103. The van der Waals surface area contributed by atoms with Crippen LogP contribution in [0.1, 0.15) is 60.8 Å². The Bertz CT molecular complexity index is 1110. The number of benzene rings is 1. The zero-order valence-corrected chi connectivity index (χ0v) is 15.3. The molecule has 0 saturated heterocycles. The number of hydrogen-bond donors (Lipinski definition) is 0. The number of fused-ring (bicyclic) bond motifs is 4. The van der Waals surface area contributed by atoms with E-state index in [4.69, 9.17) is 0 Å². The smallest absolute Gasteiger partial charge is 0.267 e. The van der Waals surface area contributed by atoms with E-state index in [9.17, 15) is 9.59 Å². The molecule has 3 heterocycles. The lowest BCUT2D eigenvalue weighted by atomic mass is 10.1. The van der Waals surface area contributed by atoms with Gasteiger partial charge in [-0.25, -0.2) is 4.98 Å². The van der Waals surface area contributed by atoms with Gasteiger partial charge < -0.3 is 0 Å². The van der Waals surface area contributed by atoms with Crippen molar-refractivity contribution in [2.75, 3.05) is 0 Å². The number of aromatic nitrogens is 3. The number of pyridine rings is 1. The first kappa shape index (κ1) is 17.3. The van der Waals surface area contributed by atoms with Crippen molar-refractivity contribution in [1.82, 2.24) is 14.5 Å². The van der Waals surface area contributed by atoms with E-state index < -0.39 is 0 Å². The molecular formula is C22H21N3O2. The Kier molecular flexibility index (Phi) is 4.67. The van der Waals surface area contributed by atoms with Crippen molar-refractivity contribution in [3.05, 3.63) is 70.0 Å². The maximum Gasteiger partial charge on any atom is 0.267 e. The molecule has 1 aliphatic rings. The normalized spacial score (nSPS) is 12.7. The van der Waals surface area contributed by atoms with E-state index >= 15 is 0 Å². The summed E-state index contributed by atoms with van der Waals surface area (Å²) in [6.45, 7) is 2.20. The summed E-state index contributed by atoms with van der Waals surface area (Å²) in [6.07, 6.45) is 13.2. The average molecular weight is 359 g/mol. The van der Waals surface area contributed by atoms with Crippen LogP contribution in [0.15, 0.2) is 47.5 Å². The topological polar surface area (TPSA) is 64.8 Å². The van der Waals surface area contributed by atoms with E-state index in [0.717, 1.165) is 12.0 Å². The van der Waals surface area contributed by atoms with E-state index in [1.165, 1.54) is 36.4 Å². The monoisotopic (exact) mass is 359 g/mol. The number of ketones is 1. The van der Waals surface area contributed by atoms with E-state index in [1.54, 1.807) is 12.3 Å². The minimum atomic E-state index is -0.255. The average Bonchev–Trinajstić information content (AvgIpc) is 2.97. The fraction of sp³-hybridized carbons (Fsp3) is 0.273. The molecule has 0 amide bonds. The number of carbonyl (C=O) groups excluding carboxylic acids is 1. The first-order valence-corrected chi connectivity index (χ1v) is 9.43. The van der Waals surface area contributed by atoms with Crippen LogP contribution < -0.4 is 5.56 Å². The summed E-state index contributed by atoms with van der Waals surface area (Å²) in [5.41, 5.74) is 2.32. The Balaban J connectivity index is 1.66. The highest BCUT2D eigenvalue weighted by Crippen LogP contribution is 2.27. The molecule has 2 aromatic heterocycles. The van der Waals surface area contributed by atoms with Crippen LogP contribution in [0.3, 0.4) is 0 Å². The molecule has 0 bridgehead atoms. The summed E-state index contributed by atoms with van der Waals surface area (Å²) in [5, 5.41) is 0.415. The van der Waals surface area contributed by atoms with Gasteiger partial charge in [0.2, 0.25) is 5.78 Å². The largest absolute Gasteiger partial charge is 0.285 e. The molecule has 0 unspecified atom stereocenters. The maximum atomic E-state index is 12.8. The minimum Gasteiger partial charge on any atom is -0.285 e. The van der Waals surface area contributed by atoms with Crippen molar-refractivity contribution in [2.45, 2.75) is 39.0 Å². The van der Waals surface area contributed by atoms with Crippen molar-refractivity contribution < 1.29 is 4.79 Å². The van der Waals surface area contributed by atoms with E-state index in [0.29, 0.717) is 22.2 Å². The Labute approximate surface area is 157 Å². The molecule has 5 nitrogen and oxygen atoms in total. The molecule has 0 N–H and O–H groups in total. The van der Waals surface area contributed by atoms with Crippen molar-refractivity contribution in [2.24, 2.45) is 0 Å². The number of unbranched alkanes of at least 4 members (excludes halogenated alkanes) is 4. The van der Waals surface area contributed by atoms with Crippen LogP contribution in [0.25, 0.3) is 22.7 Å². The van der Waals surface area contributed by atoms with Gasteiger partial charge >= 0.3 is 0 Å². The van der Waals surface area contributed by atoms with Crippen LogP contribution in [0, 0.1) is 0 Å². The van der Waals surface area contributed by atoms with Crippen LogP contribution in [0.5, 0.6) is 0 Å². The van der Waals surface area contributed by atoms with Crippen molar-refractivity contribution >= 4 is 22.8 Å². The fourth-order valence-electron chi connectivity index (χ4n) is 3.47. The van der Waals surface area contributed by atoms with Gasteiger partial charge in [-0.2, -0.15) is 0 Å². The summed E-state index contributed by atoms with van der Waals surface area (Å²) >= 11 is 0. The molecule has 0 fully saturated rings. The van der Waals surface area contributed by atoms with E-state index in [2.05, 4.69) is 23.0 Å². The van der Waals surface area contributed by atoms with Gasteiger partial charge in [0.05, 0.1) is 22.2 Å². The van der Waals surface area contributed by atoms with Gasteiger partial charge in [-0.05, 0) is 36.6 Å². The number of allylic oxidation sites excluding steroid dienone is 1. The molecule has 0 saturated carbocycles. The summed E-state index contributed by atoms with van der Waals surface area (Å²) < 4.78 is 1.40. The molecule has 27 heavy (non-hydrogen) atoms. The third-order valence-corrected chi connectivity index (χ3v) is 4.91. The minimum absolute atomic E-state index is 0.175. The highest BCUT2D eigenvalue weighted by atomic mass is 16.1. The number of rotatable bonds is 6. The lowest BCUT2D eigenvalue weighted by Gasteiger charge is -2.05. The van der Waals surface area contributed by atoms with Crippen LogP contribution in [0.4, 0.5) is 0 Å². The van der Waals surface area contributed by atoms with Gasteiger partial charge in [0.1, 0.15) is 0 Å². The molecule has 0 radical (unpaired) electrons. The molecule has 0 spiro atoms. The van der Waals surface area contributed by atoms with Crippen molar-refractivity contribution in [1.29, 1.82) is 0 Å². The summed E-state index contributed by atoms with van der Waals surface area (Å²) in [7, 11) is 0. The molecule has 0 atom stereocenters. The van der Waals surface area contributed by atoms with Gasteiger partial charge in [-0.15, -0.1) is 0 Å². The molecular weight excluding hydrogens is 338 g/mol. The molecule has 0 aliphatic carbocycles. The summed E-state index contributed by atoms with van der Waals surface area (Å²) in [5.74, 6) is -0.0339.